The van der Waals surface area contributed by atoms with Crippen LogP contribution in [0.2, 0.25) is 0 Å². The summed E-state index contributed by atoms with van der Waals surface area (Å²) in [6, 6.07) is 13.4. The van der Waals surface area contributed by atoms with Gasteiger partial charge in [0.2, 0.25) is 0 Å². The number of halogens is 2. The maximum Gasteiger partial charge on any atom is 0.191 e. The Morgan fingerprint density at radius 3 is 2.47 bits per heavy atom. The van der Waals surface area contributed by atoms with Crippen molar-refractivity contribution in [3.63, 3.8) is 0 Å². The van der Waals surface area contributed by atoms with Gasteiger partial charge in [0.25, 0.3) is 0 Å². The third-order valence-corrected chi connectivity index (χ3v) is 6.28. The van der Waals surface area contributed by atoms with Crippen LogP contribution in [0.25, 0.3) is 0 Å². The summed E-state index contributed by atoms with van der Waals surface area (Å²) >= 11 is 0. The van der Waals surface area contributed by atoms with Crippen molar-refractivity contribution in [3.8, 4) is 5.75 Å². The molecule has 0 aromatic heterocycles. The average Bonchev–Trinajstić information content (AvgIpc) is 2.76. The number of nitrogens with one attached hydrogen (secondary N) is 2. The van der Waals surface area contributed by atoms with Crippen LogP contribution < -0.4 is 20.3 Å². The number of anilines is 1. The van der Waals surface area contributed by atoms with Crippen molar-refractivity contribution in [2.24, 2.45) is 4.99 Å². The molecule has 7 nitrogen and oxygen atoms in total. The van der Waals surface area contributed by atoms with Gasteiger partial charge in [0, 0.05) is 38.1 Å². The summed E-state index contributed by atoms with van der Waals surface area (Å²) in [6.45, 7) is 2.67. The zero-order valence-electron chi connectivity index (χ0n) is 18.3. The Balaban J connectivity index is 0.00000363. The maximum atomic E-state index is 13.4. The topological polar surface area (TPSA) is 83.0 Å². The number of rotatable bonds is 7. The predicted molar refractivity (Wildman–Crippen MR) is 137 cm³/mol. The second kappa shape index (κ2) is 12.2. The van der Waals surface area contributed by atoms with Gasteiger partial charge in [0.1, 0.15) is 18.2 Å². The van der Waals surface area contributed by atoms with E-state index >= 15 is 0 Å². The molecule has 0 amide bonds. The summed E-state index contributed by atoms with van der Waals surface area (Å²) in [6.07, 6.45) is 3.04. The van der Waals surface area contributed by atoms with Crippen molar-refractivity contribution >= 4 is 45.5 Å². The molecule has 0 unspecified atom stereocenters. The van der Waals surface area contributed by atoms with E-state index in [1.54, 1.807) is 31.3 Å². The smallest absolute Gasteiger partial charge is 0.191 e. The molecule has 0 spiro atoms. The standard InChI is InChI=1S/C22H29FN4O3S.HI/c1-24-22(25-12-15-30-20-6-8-21(9-7-20)31(2,28)29)26-18-10-13-27(14-11-18)19-5-3-4-17(23)16-19;/h3-9,16,18H,10-15H2,1-2H3,(H2,24,25,26);1H. The number of ether oxygens (including phenoxy) is 1. The fourth-order valence-corrected chi connectivity index (χ4v) is 4.09. The minimum absolute atomic E-state index is 0. The van der Waals surface area contributed by atoms with Gasteiger partial charge in [-0.3, -0.25) is 4.99 Å². The maximum absolute atomic E-state index is 13.4. The molecule has 32 heavy (non-hydrogen) atoms. The van der Waals surface area contributed by atoms with Gasteiger partial charge < -0.3 is 20.3 Å². The number of nitrogens with zero attached hydrogens (tertiary/aromatic N) is 2. The zero-order valence-corrected chi connectivity index (χ0v) is 21.4. The molecule has 0 aliphatic carbocycles. The van der Waals surface area contributed by atoms with Gasteiger partial charge in [-0.05, 0) is 55.3 Å². The second-order valence-corrected chi connectivity index (χ2v) is 9.49. The monoisotopic (exact) mass is 576 g/mol. The van der Waals surface area contributed by atoms with Crippen molar-refractivity contribution in [2.75, 3.05) is 44.4 Å². The number of piperidine rings is 1. The lowest BCUT2D eigenvalue weighted by molar-refractivity contribution is 0.321. The van der Waals surface area contributed by atoms with Gasteiger partial charge in [-0.1, -0.05) is 6.07 Å². The first-order chi connectivity index (χ1) is 14.8. The molecule has 1 saturated heterocycles. The molecule has 1 aliphatic rings. The summed E-state index contributed by atoms with van der Waals surface area (Å²) in [7, 11) is -1.48. The Morgan fingerprint density at radius 2 is 1.88 bits per heavy atom. The third-order valence-electron chi connectivity index (χ3n) is 5.15. The Labute approximate surface area is 206 Å². The Hall–Kier alpha value is -2.08. The Morgan fingerprint density at radius 1 is 1.19 bits per heavy atom. The fraction of sp³-hybridized carbons (Fsp3) is 0.409. The molecule has 0 bridgehead atoms. The van der Waals surface area contributed by atoms with E-state index in [9.17, 15) is 12.8 Å². The summed E-state index contributed by atoms with van der Waals surface area (Å²) in [5, 5.41) is 6.66. The minimum Gasteiger partial charge on any atom is -0.492 e. The Kier molecular flexibility index (Phi) is 10.0. The van der Waals surface area contributed by atoms with E-state index < -0.39 is 9.84 Å². The lowest BCUT2D eigenvalue weighted by atomic mass is 10.0. The van der Waals surface area contributed by atoms with Crippen molar-refractivity contribution in [2.45, 2.75) is 23.8 Å². The van der Waals surface area contributed by atoms with Gasteiger partial charge in [-0.2, -0.15) is 0 Å². The lowest BCUT2D eigenvalue weighted by Gasteiger charge is -2.34. The van der Waals surface area contributed by atoms with E-state index in [1.807, 2.05) is 6.07 Å². The van der Waals surface area contributed by atoms with Crippen molar-refractivity contribution in [3.05, 3.63) is 54.3 Å². The summed E-state index contributed by atoms with van der Waals surface area (Å²) < 4.78 is 42.1. The van der Waals surface area contributed by atoms with Crippen LogP contribution in [0, 0.1) is 5.82 Å². The lowest BCUT2D eigenvalue weighted by Crippen LogP contribution is -2.49. The summed E-state index contributed by atoms with van der Waals surface area (Å²) in [4.78, 5) is 6.73. The molecule has 176 valence electrons. The van der Waals surface area contributed by atoms with E-state index in [1.165, 1.54) is 24.5 Å². The molecule has 2 aromatic carbocycles. The number of guanidine groups is 1. The number of hydrogen-bond acceptors (Lipinski definition) is 5. The van der Waals surface area contributed by atoms with Crippen molar-refractivity contribution in [1.29, 1.82) is 0 Å². The largest absolute Gasteiger partial charge is 0.492 e. The second-order valence-electron chi connectivity index (χ2n) is 7.48. The van der Waals surface area contributed by atoms with E-state index in [-0.39, 0.29) is 34.7 Å². The molecule has 1 fully saturated rings. The molecule has 0 radical (unpaired) electrons. The van der Waals surface area contributed by atoms with Crippen LogP contribution in [-0.4, -0.2) is 60.0 Å². The minimum atomic E-state index is -3.21. The van der Waals surface area contributed by atoms with Crippen LogP contribution >= 0.6 is 24.0 Å². The molecular weight excluding hydrogens is 546 g/mol. The average molecular weight is 576 g/mol. The number of benzene rings is 2. The highest BCUT2D eigenvalue weighted by atomic mass is 127. The van der Waals surface area contributed by atoms with Crippen LogP contribution in [0.1, 0.15) is 12.8 Å². The van der Waals surface area contributed by atoms with Crippen LogP contribution in [0.5, 0.6) is 5.75 Å². The SMILES string of the molecule is CN=C(NCCOc1ccc(S(C)(=O)=O)cc1)NC1CCN(c2cccc(F)c2)CC1.I. The van der Waals surface area contributed by atoms with Gasteiger partial charge >= 0.3 is 0 Å². The van der Waals surface area contributed by atoms with Crippen LogP contribution in [0.4, 0.5) is 10.1 Å². The molecule has 1 heterocycles. The first-order valence-electron chi connectivity index (χ1n) is 10.3. The summed E-state index contributed by atoms with van der Waals surface area (Å²) in [5.41, 5.74) is 0.919. The number of hydrogen-bond donors (Lipinski definition) is 2. The van der Waals surface area contributed by atoms with Gasteiger partial charge in [-0.15, -0.1) is 24.0 Å². The van der Waals surface area contributed by atoms with Crippen molar-refractivity contribution in [1.82, 2.24) is 10.6 Å². The van der Waals surface area contributed by atoms with Crippen LogP contribution in [0.3, 0.4) is 0 Å². The molecule has 2 aromatic rings. The normalized spacial score (nSPS) is 15.1. The summed E-state index contributed by atoms with van der Waals surface area (Å²) in [5.74, 6) is 1.11. The Bertz CT molecular complexity index is 994. The van der Waals surface area contributed by atoms with Crippen LogP contribution in [-0.2, 0) is 9.84 Å². The molecular formula is C22H30FIN4O3S. The van der Waals surface area contributed by atoms with E-state index in [4.69, 9.17) is 4.74 Å². The molecule has 1 aliphatic heterocycles. The van der Waals surface area contributed by atoms with E-state index in [0.29, 0.717) is 30.9 Å². The highest BCUT2D eigenvalue weighted by molar-refractivity contribution is 14.0. The molecule has 0 saturated carbocycles. The quantitative estimate of drug-likeness (QED) is 0.228. The first-order valence-corrected chi connectivity index (χ1v) is 12.1. The highest BCUT2D eigenvalue weighted by Gasteiger charge is 2.20. The predicted octanol–water partition coefficient (Wildman–Crippen LogP) is 3.06. The number of sulfone groups is 1. The molecule has 2 N–H and O–H groups in total. The zero-order chi connectivity index (χ0) is 22.3. The molecule has 3 rings (SSSR count). The highest BCUT2D eigenvalue weighted by Crippen LogP contribution is 2.20. The van der Waals surface area contributed by atoms with Crippen molar-refractivity contribution < 1.29 is 17.5 Å². The van der Waals surface area contributed by atoms with Gasteiger partial charge in [-0.25, -0.2) is 12.8 Å². The van der Waals surface area contributed by atoms with Gasteiger partial charge in [0.05, 0.1) is 11.4 Å². The fourth-order valence-electron chi connectivity index (χ4n) is 3.46. The number of aliphatic imine (C=N–C) groups is 1. The third kappa shape index (κ3) is 7.80. The van der Waals surface area contributed by atoms with E-state index in [2.05, 4.69) is 20.5 Å². The van der Waals surface area contributed by atoms with E-state index in [0.717, 1.165) is 31.6 Å². The van der Waals surface area contributed by atoms with Gasteiger partial charge in [0.15, 0.2) is 15.8 Å². The molecule has 10 heteroatoms. The van der Waals surface area contributed by atoms with Crippen LogP contribution in [0.15, 0.2) is 58.4 Å². The molecule has 0 atom stereocenters. The first kappa shape index (κ1) is 26.2.